The number of anilines is 1. The van der Waals surface area contributed by atoms with Crippen LogP contribution in [0.15, 0.2) is 48.5 Å². The molecule has 0 radical (unpaired) electrons. The van der Waals surface area contributed by atoms with Gasteiger partial charge in [-0.05, 0) is 48.6 Å². The van der Waals surface area contributed by atoms with Gasteiger partial charge in [0.2, 0.25) is 0 Å². The highest BCUT2D eigenvalue weighted by atomic mass is 16.5. The van der Waals surface area contributed by atoms with Gasteiger partial charge in [0.05, 0.1) is 12.2 Å². The molecule has 1 fully saturated rings. The quantitative estimate of drug-likeness (QED) is 0.838. The number of ether oxygens (including phenoxy) is 1. The maximum absolute atomic E-state index is 12.8. The van der Waals surface area contributed by atoms with Gasteiger partial charge in [-0.1, -0.05) is 31.2 Å². The molecule has 2 amide bonds. The minimum Gasteiger partial charge on any atom is -0.482 e. The zero-order chi connectivity index (χ0) is 18.8. The Balaban J connectivity index is 1.53. The van der Waals surface area contributed by atoms with Gasteiger partial charge in [-0.3, -0.25) is 9.59 Å². The van der Waals surface area contributed by atoms with Crippen molar-refractivity contribution < 1.29 is 14.3 Å². The molecule has 0 atom stereocenters. The first kappa shape index (κ1) is 17.6. The van der Waals surface area contributed by atoms with E-state index in [4.69, 9.17) is 4.74 Å². The first-order chi connectivity index (χ1) is 13.1. The molecule has 0 N–H and O–H groups in total. The Bertz CT molecular complexity index is 856. The van der Waals surface area contributed by atoms with Crippen molar-refractivity contribution in [1.29, 1.82) is 0 Å². The molecule has 2 aliphatic heterocycles. The fraction of sp³-hybridized carbons (Fsp3) is 0.364. The number of carbonyl (C=O) groups excluding carboxylic acids is 2. The van der Waals surface area contributed by atoms with Gasteiger partial charge in [-0.15, -0.1) is 0 Å². The van der Waals surface area contributed by atoms with E-state index in [1.807, 2.05) is 53.4 Å². The molecule has 2 aromatic rings. The minimum atomic E-state index is -0.0737. The molecule has 2 aromatic carbocycles. The Morgan fingerprint density at radius 3 is 2.70 bits per heavy atom. The van der Waals surface area contributed by atoms with Gasteiger partial charge < -0.3 is 14.5 Å². The number of benzene rings is 2. The fourth-order valence-electron chi connectivity index (χ4n) is 3.71. The highest BCUT2D eigenvalue weighted by Crippen LogP contribution is 2.32. The third-order valence-corrected chi connectivity index (χ3v) is 5.39. The molecule has 0 saturated carbocycles. The molecule has 1 saturated heterocycles. The Labute approximate surface area is 159 Å². The fourth-order valence-corrected chi connectivity index (χ4v) is 3.71. The summed E-state index contributed by atoms with van der Waals surface area (Å²) in [6, 6.07) is 15.2. The summed E-state index contributed by atoms with van der Waals surface area (Å²) < 4.78 is 5.50. The average molecular weight is 364 g/mol. The largest absolute Gasteiger partial charge is 0.482 e. The first-order valence-corrected chi connectivity index (χ1v) is 9.52. The van der Waals surface area contributed by atoms with Crippen molar-refractivity contribution in [3.05, 3.63) is 59.7 Å². The molecule has 4 rings (SSSR count). The van der Waals surface area contributed by atoms with Crippen molar-refractivity contribution >= 4 is 17.5 Å². The summed E-state index contributed by atoms with van der Waals surface area (Å²) >= 11 is 0. The molecule has 0 bridgehead atoms. The molecule has 27 heavy (non-hydrogen) atoms. The number of hydrogen-bond donors (Lipinski definition) is 0. The summed E-state index contributed by atoms with van der Waals surface area (Å²) in [6.07, 6.45) is 2.12. The molecule has 0 unspecified atom stereocenters. The number of amides is 2. The van der Waals surface area contributed by atoms with Crippen LogP contribution in [0.2, 0.25) is 0 Å². The van der Waals surface area contributed by atoms with Crippen molar-refractivity contribution in [1.82, 2.24) is 4.90 Å². The standard InChI is InChI=1S/C22H24N2O3/c1-16-9-11-23(12-10-16)22(26)18-6-4-5-17(13-18)14-24-19-7-2-3-8-20(19)27-15-21(24)25/h2-8,13,16H,9-12,14-15H2,1H3. The Hall–Kier alpha value is -2.82. The highest BCUT2D eigenvalue weighted by Gasteiger charge is 2.26. The predicted molar refractivity (Wildman–Crippen MR) is 104 cm³/mol. The number of rotatable bonds is 3. The second-order valence-electron chi connectivity index (χ2n) is 7.41. The van der Waals surface area contributed by atoms with Crippen LogP contribution >= 0.6 is 0 Å². The lowest BCUT2D eigenvalue weighted by Gasteiger charge is -2.31. The topological polar surface area (TPSA) is 49.9 Å². The molecule has 0 spiro atoms. The summed E-state index contributed by atoms with van der Waals surface area (Å²) in [5, 5.41) is 0. The maximum Gasteiger partial charge on any atom is 0.265 e. The molecule has 5 nitrogen and oxygen atoms in total. The first-order valence-electron chi connectivity index (χ1n) is 9.52. The molecule has 2 heterocycles. The zero-order valence-electron chi connectivity index (χ0n) is 15.6. The monoisotopic (exact) mass is 364 g/mol. The third-order valence-electron chi connectivity index (χ3n) is 5.39. The van der Waals surface area contributed by atoms with Crippen molar-refractivity contribution in [2.24, 2.45) is 5.92 Å². The van der Waals surface area contributed by atoms with Crippen molar-refractivity contribution in [3.63, 3.8) is 0 Å². The van der Waals surface area contributed by atoms with E-state index in [1.165, 1.54) is 0 Å². The average Bonchev–Trinajstić information content (AvgIpc) is 2.70. The summed E-state index contributed by atoms with van der Waals surface area (Å²) in [5.74, 6) is 1.41. The van der Waals surface area contributed by atoms with Crippen LogP contribution < -0.4 is 9.64 Å². The van der Waals surface area contributed by atoms with Crippen LogP contribution in [0.4, 0.5) is 5.69 Å². The zero-order valence-corrected chi connectivity index (χ0v) is 15.6. The highest BCUT2D eigenvalue weighted by molar-refractivity contribution is 5.98. The van der Waals surface area contributed by atoms with Crippen LogP contribution in [0, 0.1) is 5.92 Å². The number of para-hydroxylation sites is 2. The number of nitrogens with zero attached hydrogens (tertiary/aromatic N) is 2. The van der Waals surface area contributed by atoms with Crippen LogP contribution in [-0.4, -0.2) is 36.4 Å². The van der Waals surface area contributed by atoms with Gasteiger partial charge in [0, 0.05) is 18.7 Å². The number of piperidine rings is 1. The molecule has 140 valence electrons. The summed E-state index contributed by atoms with van der Waals surface area (Å²) in [4.78, 5) is 28.9. The van der Waals surface area contributed by atoms with Crippen LogP contribution in [-0.2, 0) is 11.3 Å². The van der Waals surface area contributed by atoms with Gasteiger partial charge in [0.15, 0.2) is 6.61 Å². The summed E-state index contributed by atoms with van der Waals surface area (Å²) in [5.41, 5.74) is 2.41. The summed E-state index contributed by atoms with van der Waals surface area (Å²) in [7, 11) is 0. The van der Waals surface area contributed by atoms with Crippen molar-refractivity contribution in [2.45, 2.75) is 26.3 Å². The summed E-state index contributed by atoms with van der Waals surface area (Å²) in [6.45, 7) is 4.34. The van der Waals surface area contributed by atoms with Gasteiger partial charge in [-0.25, -0.2) is 0 Å². The second-order valence-corrected chi connectivity index (χ2v) is 7.41. The van der Waals surface area contributed by atoms with Crippen LogP contribution in [0.3, 0.4) is 0 Å². The van der Waals surface area contributed by atoms with Crippen LogP contribution in [0.5, 0.6) is 5.75 Å². The number of fused-ring (bicyclic) bond motifs is 1. The maximum atomic E-state index is 12.8. The van der Waals surface area contributed by atoms with Crippen LogP contribution in [0.1, 0.15) is 35.7 Å². The van der Waals surface area contributed by atoms with Gasteiger partial charge in [0.25, 0.3) is 11.8 Å². The lowest BCUT2D eigenvalue weighted by atomic mass is 9.98. The smallest absolute Gasteiger partial charge is 0.265 e. The number of likely N-dealkylation sites (tertiary alicyclic amines) is 1. The lowest BCUT2D eigenvalue weighted by Crippen LogP contribution is -2.39. The van der Waals surface area contributed by atoms with Crippen molar-refractivity contribution in [3.8, 4) is 5.75 Å². The van der Waals surface area contributed by atoms with E-state index in [0.29, 0.717) is 23.8 Å². The molecule has 0 aromatic heterocycles. The van der Waals surface area contributed by atoms with Gasteiger partial charge in [-0.2, -0.15) is 0 Å². The SMILES string of the molecule is CC1CCN(C(=O)c2cccc(CN3C(=O)COc4ccccc43)c2)CC1. The van der Waals surface area contributed by atoms with E-state index < -0.39 is 0 Å². The molecule has 2 aliphatic rings. The third kappa shape index (κ3) is 3.68. The van der Waals surface area contributed by atoms with E-state index in [-0.39, 0.29) is 18.4 Å². The van der Waals surface area contributed by atoms with Gasteiger partial charge >= 0.3 is 0 Å². The second kappa shape index (κ2) is 7.43. The Morgan fingerprint density at radius 2 is 1.89 bits per heavy atom. The van der Waals surface area contributed by atoms with Gasteiger partial charge in [0.1, 0.15) is 5.75 Å². The molecular weight excluding hydrogens is 340 g/mol. The van der Waals surface area contributed by atoms with E-state index >= 15 is 0 Å². The number of hydrogen-bond acceptors (Lipinski definition) is 3. The Kier molecular flexibility index (Phi) is 4.84. The lowest BCUT2D eigenvalue weighted by molar-refractivity contribution is -0.121. The normalized spacial score (nSPS) is 17.4. The number of carbonyl (C=O) groups is 2. The minimum absolute atomic E-state index is 0.0433. The molecule has 5 heteroatoms. The van der Waals surface area contributed by atoms with E-state index in [1.54, 1.807) is 4.90 Å². The Morgan fingerprint density at radius 1 is 1.11 bits per heavy atom. The van der Waals surface area contributed by atoms with Crippen molar-refractivity contribution in [2.75, 3.05) is 24.6 Å². The van der Waals surface area contributed by atoms with Crippen LogP contribution in [0.25, 0.3) is 0 Å². The molecule has 0 aliphatic carbocycles. The van der Waals surface area contributed by atoms with E-state index in [2.05, 4.69) is 6.92 Å². The molecular formula is C22H24N2O3. The van der Waals surface area contributed by atoms with E-state index in [9.17, 15) is 9.59 Å². The van der Waals surface area contributed by atoms with E-state index in [0.717, 1.165) is 37.2 Å². The predicted octanol–water partition coefficient (Wildman–Crippen LogP) is 3.48.